The Morgan fingerprint density at radius 2 is 1.77 bits per heavy atom. The van der Waals surface area contributed by atoms with Gasteiger partial charge in [-0.05, 0) is 6.92 Å². The topological polar surface area (TPSA) is 86.3 Å². The van der Waals surface area contributed by atoms with Crippen LogP contribution in [0.3, 0.4) is 0 Å². The lowest BCUT2D eigenvalue weighted by atomic mass is 10.2. The first-order valence-corrected chi connectivity index (χ1v) is 3.27. The number of nitro groups is 2. The first-order valence-electron chi connectivity index (χ1n) is 3.27. The zero-order valence-corrected chi connectivity index (χ0v) is 6.47. The van der Waals surface area contributed by atoms with Crippen LogP contribution in [0.4, 0.5) is 11.4 Å². The summed E-state index contributed by atoms with van der Waals surface area (Å²) in [6.45, 7) is 3.34. The van der Waals surface area contributed by atoms with Crippen LogP contribution in [-0.2, 0) is 0 Å². The fourth-order valence-corrected chi connectivity index (χ4v) is 0.864. The van der Waals surface area contributed by atoms with Crippen LogP contribution in [0.5, 0.6) is 0 Å². The molecular weight excluding hydrogens is 176 g/mol. The molecule has 0 aliphatic rings. The molecule has 1 radical (unpaired) electrons. The highest BCUT2D eigenvalue weighted by molar-refractivity contribution is 5.49. The predicted octanol–water partition coefficient (Wildman–Crippen LogP) is 1.69. The van der Waals surface area contributed by atoms with Crippen LogP contribution in [0, 0.1) is 27.2 Å². The van der Waals surface area contributed by atoms with E-state index in [2.05, 4.69) is 6.92 Å². The van der Waals surface area contributed by atoms with E-state index in [1.54, 1.807) is 0 Å². The van der Waals surface area contributed by atoms with Crippen LogP contribution in [0.1, 0.15) is 5.56 Å². The molecule has 0 amide bonds. The SMILES string of the molecule is [CH2]c1cc([N+](=O)[O-])ccc1[N+](=O)[O-]. The van der Waals surface area contributed by atoms with Gasteiger partial charge < -0.3 is 0 Å². The fourth-order valence-electron chi connectivity index (χ4n) is 0.864. The highest BCUT2D eigenvalue weighted by Crippen LogP contribution is 2.22. The first-order chi connectivity index (χ1) is 6.02. The Morgan fingerprint density at radius 1 is 1.15 bits per heavy atom. The smallest absolute Gasteiger partial charge is 0.258 e. The van der Waals surface area contributed by atoms with Gasteiger partial charge in [0.2, 0.25) is 0 Å². The third-order valence-corrected chi connectivity index (χ3v) is 1.47. The van der Waals surface area contributed by atoms with Crippen molar-refractivity contribution in [1.29, 1.82) is 0 Å². The van der Waals surface area contributed by atoms with Crippen molar-refractivity contribution in [3.05, 3.63) is 50.9 Å². The zero-order chi connectivity index (χ0) is 10.0. The van der Waals surface area contributed by atoms with Crippen LogP contribution in [0.2, 0.25) is 0 Å². The molecule has 1 aromatic carbocycles. The molecule has 0 heterocycles. The second-order valence-electron chi connectivity index (χ2n) is 2.33. The lowest BCUT2D eigenvalue weighted by Crippen LogP contribution is -1.93. The molecule has 1 aromatic rings. The van der Waals surface area contributed by atoms with E-state index in [1.807, 2.05) is 0 Å². The van der Waals surface area contributed by atoms with Crippen molar-refractivity contribution in [2.75, 3.05) is 0 Å². The third kappa shape index (κ3) is 1.78. The fraction of sp³-hybridized carbons (Fsp3) is 0. The maximum absolute atomic E-state index is 10.3. The number of nitro benzene ring substituents is 2. The average molecular weight is 181 g/mol. The molecule has 6 heteroatoms. The van der Waals surface area contributed by atoms with Crippen molar-refractivity contribution in [1.82, 2.24) is 0 Å². The first kappa shape index (κ1) is 9.11. The molecule has 67 valence electrons. The zero-order valence-electron chi connectivity index (χ0n) is 6.47. The molecular formula is C7H5N2O4. The lowest BCUT2D eigenvalue weighted by molar-refractivity contribution is -0.389. The summed E-state index contributed by atoms with van der Waals surface area (Å²) >= 11 is 0. The molecule has 1 rings (SSSR count). The van der Waals surface area contributed by atoms with Gasteiger partial charge in [-0.25, -0.2) is 0 Å². The summed E-state index contributed by atoms with van der Waals surface area (Å²) in [5.41, 5.74) is -0.375. The number of hydrogen-bond donors (Lipinski definition) is 0. The maximum Gasteiger partial charge on any atom is 0.273 e. The Morgan fingerprint density at radius 3 is 2.15 bits per heavy atom. The van der Waals surface area contributed by atoms with E-state index in [1.165, 1.54) is 0 Å². The molecule has 0 N–H and O–H groups in total. The van der Waals surface area contributed by atoms with Gasteiger partial charge in [-0.3, -0.25) is 20.2 Å². The number of hydrogen-bond acceptors (Lipinski definition) is 4. The summed E-state index contributed by atoms with van der Waals surface area (Å²) in [4.78, 5) is 19.3. The molecule has 0 spiro atoms. The quantitative estimate of drug-likeness (QED) is 0.513. The Bertz CT molecular complexity index is 375. The van der Waals surface area contributed by atoms with Crippen molar-refractivity contribution in [2.24, 2.45) is 0 Å². The molecule has 0 aliphatic heterocycles. The van der Waals surface area contributed by atoms with Gasteiger partial charge in [0, 0.05) is 23.8 Å². The summed E-state index contributed by atoms with van der Waals surface area (Å²) in [6, 6.07) is 3.21. The minimum absolute atomic E-state index is 0.0409. The van der Waals surface area contributed by atoms with E-state index in [9.17, 15) is 20.2 Å². The largest absolute Gasteiger partial charge is 0.273 e. The van der Waals surface area contributed by atoms with Crippen molar-refractivity contribution in [3.8, 4) is 0 Å². The van der Waals surface area contributed by atoms with Crippen LogP contribution in [0.25, 0.3) is 0 Å². The Kier molecular flexibility index (Phi) is 2.23. The standard InChI is InChI=1S/C7H5N2O4/c1-5-4-6(8(10)11)2-3-7(5)9(12)13/h2-4H,1H2. The van der Waals surface area contributed by atoms with Crippen LogP contribution < -0.4 is 0 Å². The Labute approximate surface area is 73.1 Å². The van der Waals surface area contributed by atoms with Gasteiger partial charge in [0.1, 0.15) is 0 Å². The normalized spacial score (nSPS) is 9.62. The molecule has 0 saturated carbocycles. The minimum Gasteiger partial charge on any atom is -0.258 e. The number of rotatable bonds is 2. The van der Waals surface area contributed by atoms with E-state index in [0.29, 0.717) is 0 Å². The summed E-state index contributed by atoms with van der Waals surface area (Å²) in [6.07, 6.45) is 0. The highest BCUT2D eigenvalue weighted by Gasteiger charge is 2.14. The van der Waals surface area contributed by atoms with Gasteiger partial charge >= 0.3 is 0 Å². The monoisotopic (exact) mass is 181 g/mol. The van der Waals surface area contributed by atoms with E-state index < -0.39 is 9.85 Å². The van der Waals surface area contributed by atoms with Crippen LogP contribution >= 0.6 is 0 Å². The Hall–Kier alpha value is -1.98. The van der Waals surface area contributed by atoms with Gasteiger partial charge in [0.15, 0.2) is 0 Å². The number of benzene rings is 1. The van der Waals surface area contributed by atoms with E-state index in [0.717, 1.165) is 18.2 Å². The number of non-ortho nitro benzene ring substituents is 1. The molecule has 13 heavy (non-hydrogen) atoms. The third-order valence-electron chi connectivity index (χ3n) is 1.47. The molecule has 0 atom stereocenters. The van der Waals surface area contributed by atoms with E-state index in [4.69, 9.17) is 0 Å². The van der Waals surface area contributed by atoms with E-state index >= 15 is 0 Å². The molecule has 0 fully saturated rings. The molecule has 0 aromatic heterocycles. The van der Waals surface area contributed by atoms with Gasteiger partial charge in [-0.15, -0.1) is 0 Å². The molecule has 0 bridgehead atoms. The summed E-state index contributed by atoms with van der Waals surface area (Å²) < 4.78 is 0. The molecule has 0 aliphatic carbocycles. The van der Waals surface area contributed by atoms with Gasteiger partial charge in [-0.1, -0.05) is 0 Å². The van der Waals surface area contributed by atoms with E-state index in [-0.39, 0.29) is 16.9 Å². The summed E-state index contributed by atoms with van der Waals surface area (Å²) in [5, 5.41) is 20.5. The second-order valence-corrected chi connectivity index (χ2v) is 2.33. The van der Waals surface area contributed by atoms with Gasteiger partial charge in [-0.2, -0.15) is 0 Å². The predicted molar refractivity (Wildman–Crippen MR) is 44.2 cm³/mol. The highest BCUT2D eigenvalue weighted by atomic mass is 16.6. The van der Waals surface area contributed by atoms with Crippen molar-refractivity contribution < 1.29 is 9.85 Å². The van der Waals surface area contributed by atoms with Gasteiger partial charge in [0.05, 0.1) is 9.85 Å². The summed E-state index contributed by atoms with van der Waals surface area (Å²) in [7, 11) is 0. The minimum atomic E-state index is -0.633. The van der Waals surface area contributed by atoms with Crippen molar-refractivity contribution >= 4 is 11.4 Å². The Balaban J connectivity index is 3.20. The van der Waals surface area contributed by atoms with Crippen LogP contribution in [0.15, 0.2) is 18.2 Å². The lowest BCUT2D eigenvalue weighted by Gasteiger charge is -1.95. The second kappa shape index (κ2) is 3.18. The molecule has 6 nitrogen and oxygen atoms in total. The maximum atomic E-state index is 10.3. The number of nitrogens with zero attached hydrogens (tertiary/aromatic N) is 2. The van der Waals surface area contributed by atoms with Crippen molar-refractivity contribution in [2.45, 2.75) is 0 Å². The average Bonchev–Trinajstić information content (AvgIpc) is 2.03. The molecule has 0 saturated heterocycles. The summed E-state index contributed by atoms with van der Waals surface area (Å²) in [5.74, 6) is 0. The van der Waals surface area contributed by atoms with Crippen molar-refractivity contribution in [3.63, 3.8) is 0 Å². The molecule has 0 unspecified atom stereocenters. The van der Waals surface area contributed by atoms with Gasteiger partial charge in [0.25, 0.3) is 11.4 Å². The van der Waals surface area contributed by atoms with Crippen LogP contribution in [-0.4, -0.2) is 9.85 Å².